The Morgan fingerprint density at radius 3 is 2.85 bits per heavy atom. The van der Waals surface area contributed by atoms with Crippen LogP contribution < -0.4 is 0 Å². The fourth-order valence-electron chi connectivity index (χ4n) is 5.83. The largest absolute Gasteiger partial charge is 0.508 e. The number of hydrogen-bond acceptors (Lipinski definition) is 1. The number of aryl methyl sites for hydroxylation is 1. The van der Waals surface area contributed by atoms with E-state index in [0.29, 0.717) is 11.2 Å². The lowest BCUT2D eigenvalue weighted by Gasteiger charge is -2.50. The van der Waals surface area contributed by atoms with Gasteiger partial charge in [-0.25, -0.2) is 0 Å². The van der Waals surface area contributed by atoms with Gasteiger partial charge in [-0.1, -0.05) is 19.9 Å². The Balaban J connectivity index is 1.71. The smallest absolute Gasteiger partial charge is 0.115 e. The number of hydrogen-bond donors (Lipinski definition) is 1. The third-order valence-corrected chi connectivity index (χ3v) is 7.18. The first kappa shape index (κ1) is 12.7. The molecule has 108 valence electrons. The summed E-state index contributed by atoms with van der Waals surface area (Å²) in [7, 11) is 0. The highest BCUT2D eigenvalue weighted by molar-refractivity contribution is 5.40. The lowest BCUT2D eigenvalue weighted by atomic mass is 9.54. The third kappa shape index (κ3) is 1.61. The zero-order chi connectivity index (χ0) is 13.9. The van der Waals surface area contributed by atoms with Crippen LogP contribution in [0.3, 0.4) is 0 Å². The second kappa shape index (κ2) is 4.26. The van der Waals surface area contributed by atoms with E-state index in [2.05, 4.69) is 19.9 Å². The first-order valence-corrected chi connectivity index (χ1v) is 8.41. The van der Waals surface area contributed by atoms with Crippen molar-refractivity contribution >= 4 is 0 Å². The van der Waals surface area contributed by atoms with Gasteiger partial charge in [0.1, 0.15) is 5.75 Å². The molecule has 2 fully saturated rings. The van der Waals surface area contributed by atoms with Gasteiger partial charge in [0.05, 0.1) is 0 Å². The Morgan fingerprint density at radius 1 is 1.15 bits per heavy atom. The Bertz CT molecular complexity index is 535. The SMILES string of the molecule is C[C@@H]1CC[C@H]2[C@H]3CCc4cc(O)ccc4[C@@H]3CC[C@]12C. The number of phenols is 1. The molecule has 0 spiro atoms. The van der Waals surface area contributed by atoms with E-state index < -0.39 is 0 Å². The molecular formula is C19H26O. The summed E-state index contributed by atoms with van der Waals surface area (Å²) in [6.45, 7) is 5.05. The number of aromatic hydroxyl groups is 1. The molecule has 3 aliphatic rings. The highest BCUT2D eigenvalue weighted by Crippen LogP contribution is 2.62. The summed E-state index contributed by atoms with van der Waals surface area (Å²) in [5.41, 5.74) is 3.58. The highest BCUT2D eigenvalue weighted by Gasteiger charge is 2.53. The average molecular weight is 270 g/mol. The summed E-state index contributed by atoms with van der Waals surface area (Å²) >= 11 is 0. The zero-order valence-electron chi connectivity index (χ0n) is 12.7. The van der Waals surface area contributed by atoms with Crippen molar-refractivity contribution in [1.29, 1.82) is 0 Å². The molecule has 0 bridgehead atoms. The second-order valence-corrected chi connectivity index (χ2v) is 7.82. The topological polar surface area (TPSA) is 20.2 Å². The molecule has 1 N–H and O–H groups in total. The van der Waals surface area contributed by atoms with Crippen LogP contribution >= 0.6 is 0 Å². The fourth-order valence-corrected chi connectivity index (χ4v) is 5.83. The van der Waals surface area contributed by atoms with Crippen LogP contribution in [0, 0.1) is 23.2 Å². The van der Waals surface area contributed by atoms with Gasteiger partial charge in [0, 0.05) is 0 Å². The third-order valence-electron chi connectivity index (χ3n) is 7.18. The maximum atomic E-state index is 9.71. The Labute approximate surface area is 122 Å². The second-order valence-electron chi connectivity index (χ2n) is 7.82. The van der Waals surface area contributed by atoms with Crippen molar-refractivity contribution in [3.8, 4) is 5.75 Å². The van der Waals surface area contributed by atoms with Gasteiger partial charge in [-0.15, -0.1) is 0 Å². The molecule has 2 saturated carbocycles. The Morgan fingerprint density at radius 2 is 2.00 bits per heavy atom. The van der Waals surface area contributed by atoms with E-state index in [9.17, 15) is 5.11 Å². The van der Waals surface area contributed by atoms with Gasteiger partial charge in [0.25, 0.3) is 0 Å². The van der Waals surface area contributed by atoms with Crippen LogP contribution in [0.4, 0.5) is 0 Å². The normalized spacial score (nSPS) is 42.7. The Hall–Kier alpha value is -0.980. The van der Waals surface area contributed by atoms with Crippen LogP contribution in [0.5, 0.6) is 5.75 Å². The van der Waals surface area contributed by atoms with Crippen molar-refractivity contribution in [1.82, 2.24) is 0 Å². The number of benzene rings is 1. The van der Waals surface area contributed by atoms with Crippen molar-refractivity contribution in [2.45, 2.75) is 58.3 Å². The maximum absolute atomic E-state index is 9.71. The van der Waals surface area contributed by atoms with Crippen LogP contribution in [0.2, 0.25) is 0 Å². The predicted molar refractivity (Wildman–Crippen MR) is 81.9 cm³/mol. The number of fused-ring (bicyclic) bond motifs is 5. The number of rotatable bonds is 0. The summed E-state index contributed by atoms with van der Waals surface area (Å²) in [6.07, 6.45) is 8.17. The maximum Gasteiger partial charge on any atom is 0.115 e. The van der Waals surface area contributed by atoms with E-state index in [1.807, 2.05) is 12.1 Å². The fraction of sp³-hybridized carbons (Fsp3) is 0.684. The minimum atomic E-state index is 0.442. The van der Waals surface area contributed by atoms with Crippen LogP contribution in [0.25, 0.3) is 0 Å². The molecule has 5 atom stereocenters. The van der Waals surface area contributed by atoms with Gasteiger partial charge in [-0.3, -0.25) is 0 Å². The molecule has 0 unspecified atom stereocenters. The minimum Gasteiger partial charge on any atom is -0.508 e. The van der Waals surface area contributed by atoms with E-state index in [1.54, 1.807) is 5.56 Å². The van der Waals surface area contributed by atoms with E-state index in [0.717, 1.165) is 23.7 Å². The van der Waals surface area contributed by atoms with Crippen molar-refractivity contribution in [3.05, 3.63) is 29.3 Å². The molecule has 20 heavy (non-hydrogen) atoms. The molecule has 1 heteroatoms. The van der Waals surface area contributed by atoms with Crippen molar-refractivity contribution in [2.24, 2.45) is 23.2 Å². The van der Waals surface area contributed by atoms with Crippen molar-refractivity contribution in [2.75, 3.05) is 0 Å². The summed E-state index contributed by atoms with van der Waals surface area (Å²) in [6, 6.07) is 6.12. The highest BCUT2D eigenvalue weighted by atomic mass is 16.3. The van der Waals surface area contributed by atoms with Gasteiger partial charge < -0.3 is 5.11 Å². The van der Waals surface area contributed by atoms with Gasteiger partial charge >= 0.3 is 0 Å². The summed E-state index contributed by atoms with van der Waals surface area (Å²) < 4.78 is 0. The van der Waals surface area contributed by atoms with E-state index in [4.69, 9.17) is 0 Å². The minimum absolute atomic E-state index is 0.442. The van der Waals surface area contributed by atoms with Crippen LogP contribution in [0.15, 0.2) is 18.2 Å². The average Bonchev–Trinajstić information content (AvgIpc) is 2.74. The molecule has 0 radical (unpaired) electrons. The summed E-state index contributed by atoms with van der Waals surface area (Å²) in [5.74, 6) is 3.96. The van der Waals surface area contributed by atoms with Gasteiger partial charge in [0.2, 0.25) is 0 Å². The summed E-state index contributed by atoms with van der Waals surface area (Å²) in [4.78, 5) is 0. The molecule has 3 aliphatic carbocycles. The van der Waals surface area contributed by atoms with Gasteiger partial charge in [-0.2, -0.15) is 0 Å². The van der Waals surface area contributed by atoms with Crippen LogP contribution in [0.1, 0.15) is 63.0 Å². The first-order valence-electron chi connectivity index (χ1n) is 8.41. The van der Waals surface area contributed by atoms with Gasteiger partial charge in [0.15, 0.2) is 0 Å². The van der Waals surface area contributed by atoms with E-state index in [1.165, 1.54) is 44.1 Å². The Kier molecular flexibility index (Phi) is 2.71. The molecule has 1 aromatic rings. The van der Waals surface area contributed by atoms with Gasteiger partial charge in [-0.05, 0) is 90.9 Å². The molecule has 0 aromatic heterocycles. The molecule has 1 nitrogen and oxygen atoms in total. The molecule has 0 saturated heterocycles. The van der Waals surface area contributed by atoms with Crippen molar-refractivity contribution < 1.29 is 5.11 Å². The first-order chi connectivity index (χ1) is 9.59. The van der Waals surface area contributed by atoms with Crippen molar-refractivity contribution in [3.63, 3.8) is 0 Å². The quantitative estimate of drug-likeness (QED) is 0.712. The molecule has 1 aromatic carbocycles. The molecule has 4 rings (SSSR count). The zero-order valence-corrected chi connectivity index (χ0v) is 12.7. The monoisotopic (exact) mass is 270 g/mol. The predicted octanol–water partition coefficient (Wildman–Crippen LogP) is 4.88. The van der Waals surface area contributed by atoms with Crippen LogP contribution in [-0.2, 0) is 6.42 Å². The standard InChI is InChI=1S/C19H26O/c1-12-3-8-18-17-6-4-13-11-14(20)5-7-15(13)16(17)9-10-19(12,18)2/h5,7,11-12,16-18,20H,3-4,6,8-10H2,1-2H3/t12-,16+,17+,18+,19-/m1/s1. The van der Waals surface area contributed by atoms with Crippen LogP contribution in [-0.4, -0.2) is 5.11 Å². The van der Waals surface area contributed by atoms with E-state index in [-0.39, 0.29) is 0 Å². The molecule has 0 aliphatic heterocycles. The molecule has 0 heterocycles. The van der Waals surface area contributed by atoms with E-state index >= 15 is 0 Å². The lowest BCUT2D eigenvalue weighted by molar-refractivity contribution is 0.0336. The molecular weight excluding hydrogens is 244 g/mol. The summed E-state index contributed by atoms with van der Waals surface area (Å²) in [5, 5.41) is 9.71. The lowest BCUT2D eigenvalue weighted by Crippen LogP contribution is -2.41. The molecule has 0 amide bonds. The number of phenolic OH excluding ortho intramolecular Hbond substituents is 1.